The molecular formula is C13H19N3O3. The third kappa shape index (κ3) is 11.7. The van der Waals surface area contributed by atoms with E-state index in [1.807, 2.05) is 0 Å². The fourth-order valence-corrected chi connectivity index (χ4v) is 1.13. The lowest BCUT2D eigenvalue weighted by atomic mass is 10.1. The lowest BCUT2D eigenvalue weighted by Gasteiger charge is -1.92. The van der Waals surface area contributed by atoms with Crippen molar-refractivity contribution in [3.05, 3.63) is 48.5 Å². The molecule has 0 aliphatic rings. The van der Waals surface area contributed by atoms with Gasteiger partial charge in [-0.3, -0.25) is 10.2 Å². The van der Waals surface area contributed by atoms with Crippen LogP contribution in [0.1, 0.15) is 6.92 Å². The molecule has 0 saturated heterocycles. The second-order valence-corrected chi connectivity index (χ2v) is 3.32. The van der Waals surface area contributed by atoms with Crippen LogP contribution in [-0.4, -0.2) is 22.5 Å². The van der Waals surface area contributed by atoms with Crippen molar-refractivity contribution in [1.29, 1.82) is 5.41 Å². The van der Waals surface area contributed by atoms with E-state index in [1.54, 1.807) is 0 Å². The molecule has 2 aromatic rings. The zero-order valence-corrected chi connectivity index (χ0v) is 10.6. The number of carbonyl (C=O) groups is 1. The Hall–Kier alpha value is -2.60. The van der Waals surface area contributed by atoms with Crippen LogP contribution in [0.5, 0.6) is 0 Å². The molecule has 0 fully saturated rings. The maximum Gasteiger partial charge on any atom is 0.300 e. The smallest absolute Gasteiger partial charge is 0.300 e. The van der Waals surface area contributed by atoms with Gasteiger partial charge in [-0.15, -0.1) is 0 Å². The van der Waals surface area contributed by atoms with Gasteiger partial charge in [0.05, 0.1) is 0 Å². The molecule has 0 aliphatic heterocycles. The monoisotopic (exact) mass is 265 g/mol. The molecule has 0 amide bonds. The molecule has 0 aliphatic carbocycles. The summed E-state index contributed by atoms with van der Waals surface area (Å²) in [5, 5.41) is 16.1. The van der Waals surface area contributed by atoms with E-state index in [9.17, 15) is 0 Å². The first kappa shape index (κ1) is 18.8. The van der Waals surface area contributed by atoms with Gasteiger partial charge in [0.1, 0.15) is 0 Å². The molecule has 0 bridgehead atoms. The fourth-order valence-electron chi connectivity index (χ4n) is 1.13. The van der Waals surface area contributed by atoms with Crippen molar-refractivity contribution >= 4 is 22.7 Å². The van der Waals surface area contributed by atoms with Crippen molar-refractivity contribution in [2.24, 2.45) is 11.5 Å². The summed E-state index contributed by atoms with van der Waals surface area (Å²) in [6, 6.07) is 16.7. The second-order valence-electron chi connectivity index (χ2n) is 3.32. The van der Waals surface area contributed by atoms with Crippen LogP contribution in [0.2, 0.25) is 0 Å². The molecule has 0 unspecified atom stereocenters. The number of guanidine groups is 1. The number of aliphatic carboxylic acids is 1. The minimum Gasteiger partial charge on any atom is -0.481 e. The normalized spacial score (nSPS) is 7.84. The molecule has 0 saturated carbocycles. The molecule has 0 radical (unpaired) electrons. The van der Waals surface area contributed by atoms with E-state index >= 15 is 0 Å². The van der Waals surface area contributed by atoms with Crippen molar-refractivity contribution in [1.82, 2.24) is 0 Å². The topological polar surface area (TPSA) is 145 Å². The highest BCUT2D eigenvalue weighted by molar-refractivity contribution is 5.82. The minimum absolute atomic E-state index is 0. The molecular weight excluding hydrogens is 246 g/mol. The number of hydrogen-bond acceptors (Lipinski definition) is 2. The van der Waals surface area contributed by atoms with E-state index in [0.717, 1.165) is 6.92 Å². The Morgan fingerprint density at radius 2 is 1.16 bits per heavy atom. The van der Waals surface area contributed by atoms with E-state index in [-0.39, 0.29) is 11.4 Å². The third-order valence-corrected chi connectivity index (χ3v) is 1.66. The summed E-state index contributed by atoms with van der Waals surface area (Å²) in [5.41, 5.74) is 8.94. The summed E-state index contributed by atoms with van der Waals surface area (Å²) >= 11 is 0. The highest BCUT2D eigenvalue weighted by Gasteiger charge is 1.85. The molecule has 0 aromatic heterocycles. The van der Waals surface area contributed by atoms with Gasteiger partial charge in [0.25, 0.3) is 5.97 Å². The first-order valence-electron chi connectivity index (χ1n) is 5.16. The summed E-state index contributed by atoms with van der Waals surface area (Å²) in [6.45, 7) is 1.08. The number of nitrogens with one attached hydrogen (secondary N) is 1. The Kier molecular flexibility index (Phi) is 10.4. The van der Waals surface area contributed by atoms with Crippen molar-refractivity contribution in [3.63, 3.8) is 0 Å². The second kappa shape index (κ2) is 10.5. The van der Waals surface area contributed by atoms with Crippen molar-refractivity contribution in [2.75, 3.05) is 0 Å². The van der Waals surface area contributed by atoms with Crippen LogP contribution in [0, 0.1) is 5.41 Å². The van der Waals surface area contributed by atoms with E-state index < -0.39 is 5.97 Å². The van der Waals surface area contributed by atoms with Crippen LogP contribution in [0.25, 0.3) is 10.8 Å². The summed E-state index contributed by atoms with van der Waals surface area (Å²) in [7, 11) is 0. The van der Waals surface area contributed by atoms with E-state index in [1.165, 1.54) is 10.8 Å². The molecule has 6 nitrogen and oxygen atoms in total. The lowest BCUT2D eigenvalue weighted by molar-refractivity contribution is -0.134. The molecule has 8 N–H and O–H groups in total. The van der Waals surface area contributed by atoms with Gasteiger partial charge in [-0.05, 0) is 10.8 Å². The largest absolute Gasteiger partial charge is 0.481 e. The maximum absolute atomic E-state index is 9.00. The minimum atomic E-state index is -0.833. The van der Waals surface area contributed by atoms with E-state index in [4.69, 9.17) is 15.3 Å². The Labute approximate surface area is 111 Å². The first-order chi connectivity index (χ1) is 8.43. The zero-order valence-electron chi connectivity index (χ0n) is 10.6. The summed E-state index contributed by atoms with van der Waals surface area (Å²) in [4.78, 5) is 9.00. The quantitative estimate of drug-likeness (QED) is 0.415. The Bertz CT molecular complexity index is 430. The van der Waals surface area contributed by atoms with Crippen LogP contribution in [0.3, 0.4) is 0 Å². The van der Waals surface area contributed by atoms with Crippen LogP contribution < -0.4 is 11.5 Å². The molecule has 2 aromatic carbocycles. The molecule has 6 heteroatoms. The fraction of sp³-hybridized carbons (Fsp3) is 0.0769. The zero-order chi connectivity index (χ0) is 14.0. The number of carboxylic acid groups (broad SMARTS) is 1. The van der Waals surface area contributed by atoms with Gasteiger partial charge in [-0.25, -0.2) is 0 Å². The van der Waals surface area contributed by atoms with Crippen LogP contribution in [-0.2, 0) is 4.79 Å². The third-order valence-electron chi connectivity index (χ3n) is 1.66. The molecule has 0 atom stereocenters. The number of carboxylic acids is 1. The summed E-state index contributed by atoms with van der Waals surface area (Å²) in [5.74, 6) is -1.17. The van der Waals surface area contributed by atoms with E-state index in [2.05, 4.69) is 60.0 Å². The van der Waals surface area contributed by atoms with Gasteiger partial charge in [-0.2, -0.15) is 0 Å². The van der Waals surface area contributed by atoms with Gasteiger partial charge in [0.15, 0.2) is 5.96 Å². The molecule has 2 rings (SSSR count). The van der Waals surface area contributed by atoms with Gasteiger partial charge < -0.3 is 22.1 Å². The maximum atomic E-state index is 9.00. The molecule has 104 valence electrons. The predicted molar refractivity (Wildman–Crippen MR) is 77.0 cm³/mol. The summed E-state index contributed by atoms with van der Waals surface area (Å²) in [6.07, 6.45) is 0. The average molecular weight is 265 g/mol. The van der Waals surface area contributed by atoms with Crippen molar-refractivity contribution in [3.8, 4) is 0 Å². The highest BCUT2D eigenvalue weighted by Crippen LogP contribution is 2.11. The van der Waals surface area contributed by atoms with E-state index in [0.29, 0.717) is 0 Å². The van der Waals surface area contributed by atoms with Crippen LogP contribution in [0.4, 0.5) is 0 Å². The van der Waals surface area contributed by atoms with Crippen molar-refractivity contribution in [2.45, 2.75) is 6.92 Å². The standard InChI is InChI=1S/C10H8.C2H4O2.CH5N3.H2O/c1-2-6-10-8-4-3-7-9(10)5-1;1-2(3)4;2-1(3)4;/h1-8H;1H3,(H,3,4);(H5,2,3,4);1H2. The van der Waals surface area contributed by atoms with Crippen LogP contribution >= 0.6 is 0 Å². The first-order valence-corrected chi connectivity index (χ1v) is 5.16. The number of fused-ring (bicyclic) bond motifs is 1. The molecule has 0 spiro atoms. The van der Waals surface area contributed by atoms with Gasteiger partial charge in [0, 0.05) is 6.92 Å². The molecule has 0 heterocycles. The predicted octanol–water partition coefficient (Wildman–Crippen LogP) is 0.945. The van der Waals surface area contributed by atoms with Crippen molar-refractivity contribution < 1.29 is 15.4 Å². The van der Waals surface area contributed by atoms with Gasteiger partial charge >= 0.3 is 0 Å². The number of nitrogens with two attached hydrogens (primary N) is 2. The number of rotatable bonds is 0. The number of benzene rings is 2. The van der Waals surface area contributed by atoms with Gasteiger partial charge in [-0.1, -0.05) is 48.5 Å². The average Bonchev–Trinajstić information content (AvgIpc) is 2.28. The SMILES string of the molecule is CC(=O)O.N=C(N)N.O.c1ccc2ccccc2c1. The Balaban J connectivity index is 0. The lowest BCUT2D eigenvalue weighted by Crippen LogP contribution is -2.20. The molecule has 19 heavy (non-hydrogen) atoms. The van der Waals surface area contributed by atoms with Crippen LogP contribution in [0.15, 0.2) is 48.5 Å². The Morgan fingerprint density at radius 1 is 1.00 bits per heavy atom. The highest BCUT2D eigenvalue weighted by atomic mass is 16.4. The number of hydrogen-bond donors (Lipinski definition) is 4. The Morgan fingerprint density at radius 3 is 1.32 bits per heavy atom. The van der Waals surface area contributed by atoms with Gasteiger partial charge in [0.2, 0.25) is 0 Å². The summed E-state index contributed by atoms with van der Waals surface area (Å²) < 4.78 is 0.